The lowest BCUT2D eigenvalue weighted by atomic mass is 10.0. The molecule has 2 fully saturated rings. The van der Waals surface area contributed by atoms with Gasteiger partial charge in [-0.25, -0.2) is 4.98 Å². The molecule has 5 nitrogen and oxygen atoms in total. The first-order valence-electron chi connectivity index (χ1n) is 13.0. The predicted octanol–water partition coefficient (Wildman–Crippen LogP) is 5.33. The number of likely N-dealkylation sites (tertiary alicyclic amines) is 1. The van der Waals surface area contributed by atoms with Crippen LogP contribution in [0.1, 0.15) is 39.2 Å². The minimum Gasteiger partial charge on any atom is -0.346 e. The molecule has 2 aromatic heterocycles. The monoisotopic (exact) mass is 477 g/mol. The zero-order valence-corrected chi connectivity index (χ0v) is 21.8. The molecule has 0 unspecified atom stereocenters. The fourth-order valence-corrected chi connectivity index (χ4v) is 6.31. The summed E-state index contributed by atoms with van der Waals surface area (Å²) in [6, 6.07) is 12.0. The second kappa shape index (κ2) is 10.8. The smallest absolute Gasteiger partial charge is 0.137 e. The lowest BCUT2D eigenvalue weighted by Crippen LogP contribution is -2.52. The molecule has 4 heterocycles. The van der Waals surface area contributed by atoms with E-state index in [0.29, 0.717) is 5.25 Å². The summed E-state index contributed by atoms with van der Waals surface area (Å²) >= 11 is 1.91. The first-order chi connectivity index (χ1) is 16.6. The van der Waals surface area contributed by atoms with Gasteiger partial charge in [-0.2, -0.15) is 0 Å². The highest BCUT2D eigenvalue weighted by Crippen LogP contribution is 2.29. The minimum atomic E-state index is 0.600. The number of hydrogen-bond acceptors (Lipinski definition) is 5. The normalized spacial score (nSPS) is 19.4. The highest BCUT2D eigenvalue weighted by atomic mass is 32.2. The molecule has 0 bridgehead atoms. The molecule has 34 heavy (non-hydrogen) atoms. The molecule has 0 atom stereocenters. The maximum absolute atomic E-state index is 4.74. The van der Waals surface area contributed by atoms with Crippen molar-refractivity contribution in [2.45, 2.75) is 56.3 Å². The maximum Gasteiger partial charge on any atom is 0.137 e. The largest absolute Gasteiger partial charge is 0.346 e. The quantitative estimate of drug-likeness (QED) is 0.466. The van der Waals surface area contributed by atoms with E-state index in [-0.39, 0.29) is 0 Å². The predicted molar refractivity (Wildman–Crippen MR) is 145 cm³/mol. The lowest BCUT2D eigenvalue weighted by Gasteiger charge is -2.42. The second-order valence-corrected chi connectivity index (χ2v) is 11.8. The van der Waals surface area contributed by atoms with Crippen LogP contribution in [-0.2, 0) is 6.54 Å². The fraction of sp³-hybridized carbons (Fsp3) is 0.536. The SMILES string of the molecule is CCN1CCN(C2CCN(Cc3c[nH]c4ncc(-c5ccc(SC(C)C)cc5)cc34)CC2)CC1. The van der Waals surface area contributed by atoms with Gasteiger partial charge in [0.25, 0.3) is 0 Å². The Labute approximate surface area is 208 Å². The van der Waals surface area contributed by atoms with Gasteiger partial charge in [-0.15, -0.1) is 11.8 Å². The number of nitrogens with one attached hydrogen (secondary N) is 1. The Morgan fingerprint density at radius 1 is 0.971 bits per heavy atom. The number of hydrogen-bond donors (Lipinski definition) is 1. The number of benzene rings is 1. The van der Waals surface area contributed by atoms with E-state index in [2.05, 4.69) is 77.0 Å². The van der Waals surface area contributed by atoms with Gasteiger partial charge in [-0.1, -0.05) is 32.9 Å². The molecule has 2 aliphatic heterocycles. The Morgan fingerprint density at radius 2 is 1.71 bits per heavy atom. The first-order valence-corrected chi connectivity index (χ1v) is 13.9. The van der Waals surface area contributed by atoms with Gasteiger partial charge >= 0.3 is 0 Å². The van der Waals surface area contributed by atoms with Crippen molar-refractivity contribution in [1.29, 1.82) is 0 Å². The van der Waals surface area contributed by atoms with Gasteiger partial charge in [0, 0.05) is 72.3 Å². The van der Waals surface area contributed by atoms with Gasteiger partial charge < -0.3 is 9.88 Å². The maximum atomic E-state index is 4.74. The Hall–Kier alpha value is -1.86. The summed E-state index contributed by atoms with van der Waals surface area (Å²) in [6.07, 6.45) is 6.74. The van der Waals surface area contributed by atoms with Crippen molar-refractivity contribution in [3.05, 3.63) is 48.3 Å². The first kappa shape index (κ1) is 23.9. The lowest BCUT2D eigenvalue weighted by molar-refractivity contribution is 0.0594. The standard InChI is InChI=1S/C28H39N5S/c1-4-31-13-15-33(16-14-31)25-9-11-32(12-10-25)20-24-19-30-28-27(24)17-23(18-29-28)22-5-7-26(8-6-22)34-21(2)3/h5-8,17-19,21,25H,4,9-16,20H2,1-3H3,(H,29,30). The van der Waals surface area contributed by atoms with Crippen LogP contribution in [0.3, 0.4) is 0 Å². The van der Waals surface area contributed by atoms with E-state index >= 15 is 0 Å². The topological polar surface area (TPSA) is 38.4 Å². The third-order valence-electron chi connectivity index (χ3n) is 7.50. The van der Waals surface area contributed by atoms with Crippen molar-refractivity contribution in [3.8, 4) is 11.1 Å². The molecule has 6 heteroatoms. The minimum absolute atomic E-state index is 0.600. The van der Waals surface area contributed by atoms with Crippen molar-refractivity contribution >= 4 is 22.8 Å². The van der Waals surface area contributed by atoms with Crippen LogP contribution >= 0.6 is 11.8 Å². The Bertz CT molecular complexity index is 1060. The van der Waals surface area contributed by atoms with E-state index < -0.39 is 0 Å². The summed E-state index contributed by atoms with van der Waals surface area (Å²) in [5.41, 5.74) is 4.79. The van der Waals surface area contributed by atoms with Crippen LogP contribution < -0.4 is 0 Å². The van der Waals surface area contributed by atoms with Crippen LogP contribution in [0.2, 0.25) is 0 Å². The zero-order valence-electron chi connectivity index (χ0n) is 21.0. The van der Waals surface area contributed by atoms with E-state index in [1.54, 1.807) is 0 Å². The summed E-state index contributed by atoms with van der Waals surface area (Å²) in [5.74, 6) is 0. The Kier molecular flexibility index (Phi) is 7.59. The van der Waals surface area contributed by atoms with Gasteiger partial charge in [-0.05, 0) is 61.8 Å². The van der Waals surface area contributed by atoms with Crippen molar-refractivity contribution in [3.63, 3.8) is 0 Å². The number of pyridine rings is 1. The number of thioether (sulfide) groups is 1. The highest BCUT2D eigenvalue weighted by Gasteiger charge is 2.27. The number of rotatable bonds is 7. The fourth-order valence-electron chi connectivity index (χ4n) is 5.47. The number of piperidine rings is 1. The number of nitrogens with zero attached hydrogens (tertiary/aromatic N) is 4. The molecule has 1 aromatic carbocycles. The highest BCUT2D eigenvalue weighted by molar-refractivity contribution is 7.99. The van der Waals surface area contributed by atoms with Crippen LogP contribution in [0.25, 0.3) is 22.2 Å². The summed E-state index contributed by atoms with van der Waals surface area (Å²) in [4.78, 5) is 17.4. The van der Waals surface area contributed by atoms with Crippen LogP contribution in [-0.4, -0.2) is 81.8 Å². The molecule has 182 valence electrons. The molecular weight excluding hydrogens is 438 g/mol. The molecule has 0 spiro atoms. The second-order valence-electron chi connectivity index (χ2n) is 10.1. The molecule has 0 amide bonds. The summed E-state index contributed by atoms with van der Waals surface area (Å²) in [6.45, 7) is 16.3. The number of piperazine rings is 1. The van der Waals surface area contributed by atoms with E-state index in [1.807, 2.05) is 18.0 Å². The number of aromatic nitrogens is 2. The van der Waals surface area contributed by atoms with E-state index in [1.165, 1.54) is 85.6 Å². The van der Waals surface area contributed by atoms with Crippen molar-refractivity contribution in [2.24, 2.45) is 0 Å². The number of aromatic amines is 1. The third-order valence-corrected chi connectivity index (χ3v) is 8.51. The van der Waals surface area contributed by atoms with Gasteiger partial charge in [0.1, 0.15) is 5.65 Å². The van der Waals surface area contributed by atoms with Crippen LogP contribution in [0.5, 0.6) is 0 Å². The number of H-pyrrole nitrogens is 1. The van der Waals surface area contributed by atoms with E-state index in [9.17, 15) is 0 Å². The summed E-state index contributed by atoms with van der Waals surface area (Å²) in [7, 11) is 0. The Balaban J connectivity index is 1.22. The molecule has 3 aromatic rings. The Morgan fingerprint density at radius 3 is 2.38 bits per heavy atom. The van der Waals surface area contributed by atoms with Crippen LogP contribution in [0.15, 0.2) is 47.6 Å². The van der Waals surface area contributed by atoms with Crippen molar-refractivity contribution < 1.29 is 0 Å². The zero-order chi connectivity index (χ0) is 23.5. The average molecular weight is 478 g/mol. The molecule has 0 saturated carbocycles. The van der Waals surface area contributed by atoms with E-state index in [0.717, 1.165) is 18.2 Å². The average Bonchev–Trinajstić information content (AvgIpc) is 3.26. The van der Waals surface area contributed by atoms with Crippen LogP contribution in [0, 0.1) is 0 Å². The molecule has 1 N–H and O–H groups in total. The summed E-state index contributed by atoms with van der Waals surface area (Å²) < 4.78 is 0. The van der Waals surface area contributed by atoms with Gasteiger partial charge in [-0.3, -0.25) is 9.80 Å². The van der Waals surface area contributed by atoms with Crippen molar-refractivity contribution in [1.82, 2.24) is 24.7 Å². The third kappa shape index (κ3) is 5.51. The van der Waals surface area contributed by atoms with Gasteiger partial charge in [0.2, 0.25) is 0 Å². The van der Waals surface area contributed by atoms with Gasteiger partial charge in [0.15, 0.2) is 0 Å². The molecule has 0 aliphatic carbocycles. The molecule has 2 saturated heterocycles. The summed E-state index contributed by atoms with van der Waals surface area (Å²) in [5, 5.41) is 1.86. The molecular formula is C28H39N5S. The van der Waals surface area contributed by atoms with Crippen LogP contribution in [0.4, 0.5) is 0 Å². The van der Waals surface area contributed by atoms with Gasteiger partial charge in [0.05, 0.1) is 0 Å². The number of likely N-dealkylation sites (N-methyl/N-ethyl adjacent to an activating group) is 1. The molecule has 5 rings (SSSR count). The van der Waals surface area contributed by atoms with Crippen molar-refractivity contribution in [2.75, 3.05) is 45.8 Å². The molecule has 0 radical (unpaired) electrons. The molecule has 2 aliphatic rings. The number of fused-ring (bicyclic) bond motifs is 1. The van der Waals surface area contributed by atoms with E-state index in [4.69, 9.17) is 4.98 Å².